The second-order valence-electron chi connectivity index (χ2n) is 5.09. The minimum Gasteiger partial charge on any atom is -0.308 e. The first kappa shape index (κ1) is 12.1. The van der Waals surface area contributed by atoms with E-state index in [1.54, 1.807) is 4.68 Å². The number of pyridine rings is 1. The summed E-state index contributed by atoms with van der Waals surface area (Å²) < 4.78 is 3.61. The van der Waals surface area contributed by atoms with Crippen molar-refractivity contribution in [2.24, 2.45) is 0 Å². The molecule has 0 amide bonds. The summed E-state index contributed by atoms with van der Waals surface area (Å²) in [6, 6.07) is 8.42. The molecule has 3 heterocycles. The van der Waals surface area contributed by atoms with Crippen molar-refractivity contribution in [2.75, 3.05) is 0 Å². The van der Waals surface area contributed by atoms with Crippen LogP contribution in [0.1, 0.15) is 24.4 Å². The Morgan fingerprint density at radius 2 is 2.29 bits per heavy atom. The van der Waals surface area contributed by atoms with Gasteiger partial charge in [0, 0.05) is 18.8 Å². The van der Waals surface area contributed by atoms with E-state index >= 15 is 0 Å². The van der Waals surface area contributed by atoms with E-state index in [4.69, 9.17) is 5.26 Å². The van der Waals surface area contributed by atoms with E-state index in [1.165, 1.54) is 19.2 Å². The zero-order chi connectivity index (χ0) is 14.2. The molecule has 0 spiro atoms. The van der Waals surface area contributed by atoms with Crippen LogP contribution in [0.3, 0.4) is 0 Å². The van der Waals surface area contributed by atoms with Gasteiger partial charge >= 0.3 is 0 Å². The molecule has 7 nitrogen and oxygen atoms in total. The van der Waals surface area contributed by atoms with E-state index in [9.17, 15) is 0 Å². The predicted octanol–water partition coefficient (Wildman–Crippen LogP) is 1.04. The summed E-state index contributed by atoms with van der Waals surface area (Å²) in [5.41, 5.74) is 1.88. The summed E-state index contributed by atoms with van der Waals surface area (Å²) in [7, 11) is 0. The van der Waals surface area contributed by atoms with Crippen LogP contribution < -0.4 is 5.32 Å². The monoisotopic (exact) mass is 279 g/mol. The topological polar surface area (TPSA) is 83.8 Å². The van der Waals surface area contributed by atoms with Gasteiger partial charge < -0.3 is 9.72 Å². The minimum atomic E-state index is 0.146. The largest absolute Gasteiger partial charge is 0.308 e. The van der Waals surface area contributed by atoms with Gasteiger partial charge in [0.25, 0.3) is 5.82 Å². The van der Waals surface area contributed by atoms with Crippen molar-refractivity contribution in [3.05, 3.63) is 42.2 Å². The van der Waals surface area contributed by atoms with Gasteiger partial charge in [0.2, 0.25) is 0 Å². The lowest BCUT2D eigenvalue weighted by Gasteiger charge is -2.05. The first-order valence-corrected chi connectivity index (χ1v) is 6.86. The number of hydrogen-bond donors (Lipinski definition) is 1. The number of hydrogen-bond acceptors (Lipinski definition) is 5. The molecule has 0 aromatic carbocycles. The Labute approximate surface area is 120 Å². The van der Waals surface area contributed by atoms with Crippen molar-refractivity contribution in [3.63, 3.8) is 0 Å². The van der Waals surface area contributed by atoms with Gasteiger partial charge in [-0.3, -0.25) is 0 Å². The SMILES string of the molecule is N#Cc1ncn(-c2nc3ccccn3c2CNC2CC2)n1. The average Bonchev–Trinajstić information content (AvgIpc) is 3.10. The van der Waals surface area contributed by atoms with Crippen LogP contribution in [-0.4, -0.2) is 30.2 Å². The van der Waals surface area contributed by atoms with Crippen molar-refractivity contribution in [3.8, 4) is 11.9 Å². The second kappa shape index (κ2) is 4.68. The average molecular weight is 279 g/mol. The maximum atomic E-state index is 8.87. The first-order valence-electron chi connectivity index (χ1n) is 6.86. The third-order valence-corrected chi connectivity index (χ3v) is 3.55. The summed E-state index contributed by atoms with van der Waals surface area (Å²) in [5.74, 6) is 0.858. The normalized spacial score (nSPS) is 14.4. The van der Waals surface area contributed by atoms with Gasteiger partial charge in [-0.2, -0.15) is 9.94 Å². The van der Waals surface area contributed by atoms with Gasteiger partial charge in [-0.25, -0.2) is 9.97 Å². The van der Waals surface area contributed by atoms with E-state index in [0.29, 0.717) is 18.4 Å². The molecule has 0 unspecified atom stereocenters. The van der Waals surface area contributed by atoms with E-state index in [2.05, 4.69) is 20.4 Å². The number of nitrogens with zero attached hydrogens (tertiary/aromatic N) is 6. The molecular formula is C14H13N7. The maximum absolute atomic E-state index is 8.87. The van der Waals surface area contributed by atoms with Crippen LogP contribution in [0.15, 0.2) is 30.7 Å². The Kier molecular flexibility index (Phi) is 2.69. The van der Waals surface area contributed by atoms with Crippen LogP contribution in [-0.2, 0) is 6.54 Å². The van der Waals surface area contributed by atoms with Crippen molar-refractivity contribution in [1.29, 1.82) is 5.26 Å². The molecule has 3 aromatic heterocycles. The third kappa shape index (κ3) is 2.15. The van der Waals surface area contributed by atoms with E-state index in [0.717, 1.165) is 11.3 Å². The number of aromatic nitrogens is 5. The number of imidazole rings is 1. The standard InChI is InChI=1S/C14H13N7/c15-7-12-17-9-21(19-12)14-11(8-16-10-4-5-10)20-6-2-1-3-13(20)18-14/h1-3,6,9-10,16H,4-5,8H2. The highest BCUT2D eigenvalue weighted by molar-refractivity contribution is 5.48. The smallest absolute Gasteiger partial charge is 0.252 e. The number of nitrogens with one attached hydrogen (secondary N) is 1. The Balaban J connectivity index is 1.81. The van der Waals surface area contributed by atoms with Crippen molar-refractivity contribution >= 4 is 5.65 Å². The molecule has 0 saturated heterocycles. The molecule has 0 bridgehead atoms. The molecule has 0 atom stereocenters. The molecule has 7 heteroatoms. The van der Waals surface area contributed by atoms with Crippen LogP contribution >= 0.6 is 0 Å². The molecule has 21 heavy (non-hydrogen) atoms. The van der Waals surface area contributed by atoms with Crippen molar-refractivity contribution in [2.45, 2.75) is 25.4 Å². The molecule has 0 aliphatic heterocycles. The Bertz CT molecular complexity index is 834. The summed E-state index contributed by atoms with van der Waals surface area (Å²) in [6.07, 6.45) is 5.97. The lowest BCUT2D eigenvalue weighted by Crippen LogP contribution is -2.18. The van der Waals surface area contributed by atoms with Gasteiger partial charge in [-0.05, 0) is 25.0 Å². The maximum Gasteiger partial charge on any atom is 0.252 e. The first-order chi connectivity index (χ1) is 10.3. The van der Waals surface area contributed by atoms with Crippen LogP contribution in [0.2, 0.25) is 0 Å². The highest BCUT2D eigenvalue weighted by atomic mass is 15.4. The number of nitriles is 1. The summed E-state index contributed by atoms with van der Waals surface area (Å²) >= 11 is 0. The Morgan fingerprint density at radius 3 is 3.05 bits per heavy atom. The summed E-state index contributed by atoms with van der Waals surface area (Å²) in [6.45, 7) is 0.715. The van der Waals surface area contributed by atoms with Crippen LogP contribution in [0.4, 0.5) is 0 Å². The fourth-order valence-electron chi connectivity index (χ4n) is 2.33. The minimum absolute atomic E-state index is 0.146. The lowest BCUT2D eigenvalue weighted by molar-refractivity contribution is 0.662. The van der Waals surface area contributed by atoms with Crippen molar-refractivity contribution < 1.29 is 0 Å². The van der Waals surface area contributed by atoms with Crippen LogP contribution in [0.25, 0.3) is 11.5 Å². The molecular weight excluding hydrogens is 266 g/mol. The van der Waals surface area contributed by atoms with Gasteiger partial charge in [-0.1, -0.05) is 6.07 Å². The Morgan fingerprint density at radius 1 is 1.38 bits per heavy atom. The molecule has 1 aliphatic carbocycles. The van der Waals surface area contributed by atoms with Gasteiger partial charge in [0.05, 0.1) is 5.69 Å². The number of rotatable bonds is 4. The fourth-order valence-corrected chi connectivity index (χ4v) is 2.33. The molecule has 1 aliphatic rings. The van der Waals surface area contributed by atoms with Gasteiger partial charge in [0.1, 0.15) is 18.0 Å². The van der Waals surface area contributed by atoms with E-state index in [-0.39, 0.29) is 5.82 Å². The lowest BCUT2D eigenvalue weighted by atomic mass is 10.4. The molecule has 1 fully saturated rings. The molecule has 0 radical (unpaired) electrons. The van der Waals surface area contributed by atoms with Gasteiger partial charge in [0.15, 0.2) is 5.82 Å². The van der Waals surface area contributed by atoms with E-state index in [1.807, 2.05) is 34.9 Å². The zero-order valence-electron chi connectivity index (χ0n) is 11.3. The second-order valence-corrected chi connectivity index (χ2v) is 5.09. The highest BCUT2D eigenvalue weighted by Gasteiger charge is 2.22. The van der Waals surface area contributed by atoms with Crippen LogP contribution in [0.5, 0.6) is 0 Å². The predicted molar refractivity (Wildman–Crippen MR) is 74.7 cm³/mol. The Hall–Kier alpha value is -2.72. The summed E-state index contributed by atoms with van der Waals surface area (Å²) in [4.78, 5) is 8.55. The quantitative estimate of drug-likeness (QED) is 0.771. The molecule has 1 N–H and O–H groups in total. The number of fused-ring (bicyclic) bond motifs is 1. The summed E-state index contributed by atoms with van der Waals surface area (Å²) in [5, 5.41) is 16.5. The molecule has 3 aromatic rings. The molecule has 104 valence electrons. The molecule has 4 rings (SSSR count). The van der Waals surface area contributed by atoms with Crippen LogP contribution in [0, 0.1) is 11.3 Å². The highest BCUT2D eigenvalue weighted by Crippen LogP contribution is 2.21. The fraction of sp³-hybridized carbons (Fsp3) is 0.286. The van der Waals surface area contributed by atoms with Crippen molar-refractivity contribution in [1.82, 2.24) is 29.5 Å². The van der Waals surface area contributed by atoms with E-state index < -0.39 is 0 Å². The molecule has 1 saturated carbocycles. The zero-order valence-corrected chi connectivity index (χ0v) is 11.3. The van der Waals surface area contributed by atoms with Gasteiger partial charge in [-0.15, -0.1) is 5.10 Å². The third-order valence-electron chi connectivity index (χ3n) is 3.55.